The van der Waals surface area contributed by atoms with Gasteiger partial charge in [-0.1, -0.05) is 6.92 Å². The summed E-state index contributed by atoms with van der Waals surface area (Å²) in [5.41, 5.74) is 5.62. The molecule has 3 aliphatic heterocycles. The number of amides is 1. The highest BCUT2D eigenvalue weighted by Crippen LogP contribution is 2.33. The van der Waals surface area contributed by atoms with Crippen LogP contribution >= 0.6 is 0 Å². The van der Waals surface area contributed by atoms with Crippen molar-refractivity contribution in [1.82, 2.24) is 29.7 Å². The first-order valence-corrected chi connectivity index (χ1v) is 16.6. The number of imidazole rings is 1. The Hall–Kier alpha value is -2.85. The van der Waals surface area contributed by atoms with Gasteiger partial charge in [-0.05, 0) is 44.7 Å². The molecule has 2 aromatic heterocycles. The van der Waals surface area contributed by atoms with E-state index in [1.165, 1.54) is 10.9 Å². The summed E-state index contributed by atoms with van der Waals surface area (Å²) in [5.74, 6) is 0.0503. The average molecular weight is 594 g/mol. The lowest BCUT2D eigenvalue weighted by atomic mass is 10.2. The number of hydrogen-bond donors (Lipinski definition) is 3. The van der Waals surface area contributed by atoms with Crippen molar-refractivity contribution < 1.29 is 27.9 Å². The van der Waals surface area contributed by atoms with Crippen LogP contribution < -0.4 is 16.6 Å². The van der Waals surface area contributed by atoms with E-state index < -0.39 is 14.1 Å². The predicted molar refractivity (Wildman–Crippen MR) is 153 cm³/mol. The van der Waals surface area contributed by atoms with Gasteiger partial charge in [-0.3, -0.25) is 28.8 Å². The molecule has 1 amide bonds. The van der Waals surface area contributed by atoms with E-state index in [9.17, 15) is 14.4 Å². The molecule has 0 spiro atoms. The number of nitrogen functional groups attached to an aromatic ring is 1. The Morgan fingerprint density at radius 3 is 2.66 bits per heavy atom. The van der Waals surface area contributed by atoms with Crippen LogP contribution in [-0.2, 0) is 34.6 Å². The number of nitrogens with zero attached hydrogens (tertiary/aromatic N) is 4. The second-order valence-corrected chi connectivity index (χ2v) is 14.4. The number of hydrogen-bond acceptors (Lipinski definition) is 11. The summed E-state index contributed by atoms with van der Waals surface area (Å²) in [6.07, 6.45) is 3.36. The Labute approximate surface area is 240 Å². The van der Waals surface area contributed by atoms with Crippen molar-refractivity contribution in [3.05, 3.63) is 16.7 Å². The van der Waals surface area contributed by atoms with Crippen molar-refractivity contribution in [2.75, 3.05) is 45.1 Å². The van der Waals surface area contributed by atoms with Crippen molar-refractivity contribution in [2.24, 2.45) is 5.92 Å². The number of anilines is 1. The number of nitrogens with one attached hydrogen (secondary N) is 2. The maximum absolute atomic E-state index is 12.3. The van der Waals surface area contributed by atoms with Crippen molar-refractivity contribution in [1.29, 1.82) is 0 Å². The molecule has 3 atom stereocenters. The fourth-order valence-electron chi connectivity index (χ4n) is 5.72. The molecule has 5 rings (SSSR count). The van der Waals surface area contributed by atoms with Crippen LogP contribution in [0.5, 0.6) is 0 Å². The molecule has 0 aliphatic carbocycles. The number of carbonyl (C=O) groups is 2. The van der Waals surface area contributed by atoms with Crippen LogP contribution in [0.4, 0.5) is 5.95 Å². The third-order valence-electron chi connectivity index (χ3n) is 7.15. The van der Waals surface area contributed by atoms with E-state index in [1.54, 1.807) is 0 Å². The van der Waals surface area contributed by atoms with Crippen molar-refractivity contribution in [2.45, 2.75) is 77.5 Å². The molecule has 3 saturated heterocycles. The zero-order valence-electron chi connectivity index (χ0n) is 24.2. The molecule has 3 aliphatic rings. The molecular weight excluding hydrogens is 550 g/mol. The van der Waals surface area contributed by atoms with Gasteiger partial charge >= 0.3 is 14.5 Å². The van der Waals surface area contributed by atoms with Gasteiger partial charge in [-0.25, -0.2) is 4.98 Å². The molecule has 228 valence electrons. The van der Waals surface area contributed by atoms with E-state index in [0.717, 1.165) is 38.1 Å². The van der Waals surface area contributed by atoms with E-state index in [4.69, 9.17) is 24.1 Å². The van der Waals surface area contributed by atoms with Crippen LogP contribution in [0, 0.1) is 5.92 Å². The standard InChI is InChI=1S/C26H43N7O7Si/c1-18-12-32-13-19(2)39-41(15-18,40-20(3)14-32)11-5-8-28-21(34)6-4-7-22(35)38-10-9-37-17-33-16-29-23-24(33)30-26(27)31-25(23)36/h16,18-20H,4-15,17H2,1-3H3,(H,28,34)(H3,27,30,31,36). The first kappa shape index (κ1) is 31.1. The number of fused-ring (bicyclic) bond motifs is 7. The van der Waals surface area contributed by atoms with E-state index in [0.29, 0.717) is 24.5 Å². The Balaban J connectivity index is 1.07. The van der Waals surface area contributed by atoms with E-state index in [1.807, 2.05) is 0 Å². The number of H-pyrrole nitrogens is 1. The van der Waals surface area contributed by atoms with Gasteiger partial charge in [-0.2, -0.15) is 4.98 Å². The molecule has 0 aromatic carbocycles. The Bertz CT molecular complexity index is 1200. The predicted octanol–water partition coefficient (Wildman–Crippen LogP) is 1.11. The van der Waals surface area contributed by atoms with Crippen LogP contribution in [0.15, 0.2) is 11.1 Å². The van der Waals surface area contributed by atoms with Crippen molar-refractivity contribution in [3.63, 3.8) is 0 Å². The minimum absolute atomic E-state index is 0.0117. The smallest absolute Gasteiger partial charge is 0.339 e. The SMILES string of the molecule is CC1CN2CC(C)O[Si](CCCNC(=O)CCCC(=O)OCCOCn3cnc4c(=O)[nH]c(N)nc43)(C1)OC(C)C2. The van der Waals surface area contributed by atoms with Gasteiger partial charge in [0, 0.05) is 39.0 Å². The second-order valence-electron chi connectivity index (χ2n) is 11.2. The second kappa shape index (κ2) is 14.4. The van der Waals surface area contributed by atoms with Gasteiger partial charge in [0.15, 0.2) is 11.2 Å². The molecule has 2 bridgehead atoms. The molecule has 5 heterocycles. The fraction of sp³-hybridized carbons (Fsp3) is 0.731. The minimum Gasteiger partial charge on any atom is -0.463 e. The van der Waals surface area contributed by atoms with Gasteiger partial charge in [0.05, 0.1) is 25.1 Å². The average Bonchev–Trinajstić information content (AvgIpc) is 3.27. The highest BCUT2D eigenvalue weighted by Gasteiger charge is 2.45. The highest BCUT2D eigenvalue weighted by atomic mass is 28.4. The summed E-state index contributed by atoms with van der Waals surface area (Å²) in [7, 11) is -2.36. The molecule has 14 nitrogen and oxygen atoms in total. The first-order chi connectivity index (χ1) is 19.6. The summed E-state index contributed by atoms with van der Waals surface area (Å²) >= 11 is 0. The number of aromatic amines is 1. The molecule has 3 fully saturated rings. The molecule has 3 unspecified atom stereocenters. The molecule has 4 N–H and O–H groups in total. The Kier molecular flexibility index (Phi) is 10.9. The summed E-state index contributed by atoms with van der Waals surface area (Å²) in [5, 5.41) is 2.97. The largest absolute Gasteiger partial charge is 0.463 e. The van der Waals surface area contributed by atoms with Crippen LogP contribution in [0.3, 0.4) is 0 Å². The number of nitrogens with two attached hydrogens (primary N) is 1. The lowest BCUT2D eigenvalue weighted by molar-refractivity contribution is -0.145. The lowest BCUT2D eigenvalue weighted by Gasteiger charge is -2.46. The molecule has 2 aromatic rings. The normalized spacial score (nSPS) is 26.3. The van der Waals surface area contributed by atoms with E-state index in [-0.39, 0.29) is 68.3 Å². The Morgan fingerprint density at radius 2 is 1.90 bits per heavy atom. The third kappa shape index (κ3) is 9.07. The van der Waals surface area contributed by atoms with Crippen molar-refractivity contribution >= 4 is 37.5 Å². The molecule has 41 heavy (non-hydrogen) atoms. The van der Waals surface area contributed by atoms with Gasteiger partial charge in [0.25, 0.3) is 5.56 Å². The maximum Gasteiger partial charge on any atom is 0.339 e. The number of esters is 1. The first-order valence-electron chi connectivity index (χ1n) is 14.4. The van der Waals surface area contributed by atoms with Gasteiger partial charge in [0.2, 0.25) is 11.9 Å². The van der Waals surface area contributed by atoms with E-state index >= 15 is 0 Å². The Morgan fingerprint density at radius 1 is 1.15 bits per heavy atom. The van der Waals surface area contributed by atoms with Gasteiger partial charge in [0.1, 0.15) is 13.3 Å². The monoisotopic (exact) mass is 593 g/mol. The number of carbonyl (C=O) groups excluding carboxylic acids is 2. The van der Waals surface area contributed by atoms with Gasteiger partial charge < -0.3 is 29.4 Å². The summed E-state index contributed by atoms with van der Waals surface area (Å²) in [4.78, 5) is 49.0. The zero-order chi connectivity index (χ0) is 29.4. The quantitative estimate of drug-likeness (QED) is 0.172. The maximum atomic E-state index is 12.3. The fourth-order valence-corrected chi connectivity index (χ4v) is 9.93. The number of aromatic nitrogens is 4. The van der Waals surface area contributed by atoms with Gasteiger partial charge in [-0.15, -0.1) is 0 Å². The van der Waals surface area contributed by atoms with Crippen LogP contribution in [-0.4, -0.2) is 96.5 Å². The molecule has 0 radical (unpaired) electrons. The highest BCUT2D eigenvalue weighted by molar-refractivity contribution is 6.67. The third-order valence-corrected chi connectivity index (χ3v) is 11.2. The summed E-state index contributed by atoms with van der Waals surface area (Å²) in [6, 6.07) is 1.84. The molecule has 15 heteroatoms. The van der Waals surface area contributed by atoms with E-state index in [2.05, 4.69) is 45.9 Å². The van der Waals surface area contributed by atoms with Crippen LogP contribution in [0.2, 0.25) is 12.1 Å². The minimum atomic E-state index is -2.36. The number of rotatable bonds is 13. The topological polar surface area (TPSA) is 176 Å². The number of ether oxygens (including phenoxy) is 2. The van der Waals surface area contributed by atoms with Crippen molar-refractivity contribution in [3.8, 4) is 0 Å². The lowest BCUT2D eigenvalue weighted by Crippen LogP contribution is -2.58. The van der Waals surface area contributed by atoms with Crippen LogP contribution in [0.25, 0.3) is 11.2 Å². The summed E-state index contributed by atoms with van der Waals surface area (Å²) in [6.45, 7) is 10.4. The molecular formula is C26H43N7O7Si. The zero-order valence-corrected chi connectivity index (χ0v) is 25.2. The molecule has 0 saturated carbocycles. The van der Waals surface area contributed by atoms with Crippen LogP contribution in [0.1, 0.15) is 46.5 Å². The summed E-state index contributed by atoms with van der Waals surface area (Å²) < 4.78 is 25.3.